The number of unbranched alkanes of at least 4 members (excludes halogenated alkanes) is 7. The minimum Gasteiger partial charge on any atom is -0.293 e. The first kappa shape index (κ1) is 21.7. The minimum absolute atomic E-state index is 0.374. The van der Waals surface area contributed by atoms with Gasteiger partial charge >= 0.3 is 5.97 Å². The van der Waals surface area contributed by atoms with Gasteiger partial charge in [-0.1, -0.05) is 51.9 Å². The van der Waals surface area contributed by atoms with Crippen molar-refractivity contribution in [2.45, 2.75) is 92.9 Å². The topological polar surface area (TPSA) is 35.5 Å². The summed E-state index contributed by atoms with van der Waals surface area (Å²) in [7, 11) is 0. The predicted molar refractivity (Wildman–Crippen MR) is 104 cm³/mol. The summed E-state index contributed by atoms with van der Waals surface area (Å²) in [5, 5.41) is 0. The van der Waals surface area contributed by atoms with E-state index in [1.807, 2.05) is 13.8 Å². The molecule has 0 bridgehead atoms. The van der Waals surface area contributed by atoms with Gasteiger partial charge in [0.1, 0.15) is 0 Å². The van der Waals surface area contributed by atoms with Gasteiger partial charge in [-0.3, -0.25) is 4.89 Å². The van der Waals surface area contributed by atoms with Crippen LogP contribution in [-0.2, 0) is 9.78 Å². The van der Waals surface area contributed by atoms with Crippen molar-refractivity contribution in [1.29, 1.82) is 0 Å². The van der Waals surface area contributed by atoms with Crippen LogP contribution < -0.4 is 0 Å². The molecule has 1 aromatic carbocycles. The van der Waals surface area contributed by atoms with E-state index in [4.69, 9.17) is 9.78 Å². The summed E-state index contributed by atoms with van der Waals surface area (Å²) in [6, 6.07) is 0. The van der Waals surface area contributed by atoms with E-state index in [1.54, 1.807) is 0 Å². The molecule has 0 heterocycles. The van der Waals surface area contributed by atoms with Crippen molar-refractivity contribution in [3.05, 3.63) is 33.4 Å². The average Bonchev–Trinajstić information content (AvgIpc) is 2.60. The van der Waals surface area contributed by atoms with Gasteiger partial charge in [0, 0.05) is 0 Å². The summed E-state index contributed by atoms with van der Waals surface area (Å²) < 4.78 is 0. The zero-order valence-electron chi connectivity index (χ0n) is 17.1. The Balaban J connectivity index is 2.34. The van der Waals surface area contributed by atoms with Crippen molar-refractivity contribution in [1.82, 2.24) is 0 Å². The lowest BCUT2D eigenvalue weighted by molar-refractivity contribution is -0.241. The summed E-state index contributed by atoms with van der Waals surface area (Å²) in [4.78, 5) is 22.6. The highest BCUT2D eigenvalue weighted by Gasteiger charge is 2.20. The minimum atomic E-state index is -0.374. The monoisotopic (exact) mass is 348 g/mol. The molecule has 0 aliphatic heterocycles. The maximum absolute atomic E-state index is 12.4. The summed E-state index contributed by atoms with van der Waals surface area (Å²) in [5.41, 5.74) is 6.17. The Morgan fingerprint density at radius 1 is 0.680 bits per heavy atom. The number of hydrogen-bond acceptors (Lipinski definition) is 3. The predicted octanol–water partition coefficient (Wildman–Crippen LogP) is 6.46. The second kappa shape index (κ2) is 11.3. The zero-order valence-corrected chi connectivity index (χ0v) is 17.1. The van der Waals surface area contributed by atoms with Crippen LogP contribution in [0.3, 0.4) is 0 Å². The molecule has 0 amide bonds. The van der Waals surface area contributed by atoms with Crippen LogP contribution in [0, 0.1) is 34.6 Å². The fourth-order valence-electron chi connectivity index (χ4n) is 3.24. The third kappa shape index (κ3) is 6.47. The highest BCUT2D eigenvalue weighted by Crippen LogP contribution is 2.26. The molecule has 0 aliphatic rings. The highest BCUT2D eigenvalue weighted by atomic mass is 17.2. The molecule has 0 fully saturated rings. The molecule has 0 saturated heterocycles. The molecule has 1 aromatic rings. The molecule has 142 valence electrons. The number of rotatable bonds is 11. The van der Waals surface area contributed by atoms with Crippen molar-refractivity contribution < 1.29 is 14.6 Å². The van der Waals surface area contributed by atoms with Gasteiger partial charge in [0.05, 0.1) is 12.2 Å². The fourth-order valence-corrected chi connectivity index (χ4v) is 3.24. The van der Waals surface area contributed by atoms with Gasteiger partial charge in [-0.25, -0.2) is 4.79 Å². The summed E-state index contributed by atoms with van der Waals surface area (Å²) in [6.07, 6.45) is 9.90. The maximum Gasteiger partial charge on any atom is 0.373 e. The number of benzene rings is 1. The van der Waals surface area contributed by atoms with Gasteiger partial charge in [0.15, 0.2) is 0 Å². The molecule has 3 heteroatoms. The molecule has 0 saturated carbocycles. The first-order valence-electron chi connectivity index (χ1n) is 9.82. The zero-order chi connectivity index (χ0) is 18.8. The molecular formula is C22H36O3. The molecule has 0 aliphatic carbocycles. The van der Waals surface area contributed by atoms with E-state index in [0.29, 0.717) is 12.2 Å². The summed E-state index contributed by atoms with van der Waals surface area (Å²) >= 11 is 0. The first-order chi connectivity index (χ1) is 11.9. The van der Waals surface area contributed by atoms with Crippen molar-refractivity contribution in [2.75, 3.05) is 6.61 Å². The first-order valence-corrected chi connectivity index (χ1v) is 9.82. The van der Waals surface area contributed by atoms with E-state index in [-0.39, 0.29) is 5.97 Å². The molecular weight excluding hydrogens is 312 g/mol. The van der Waals surface area contributed by atoms with Crippen LogP contribution in [0.4, 0.5) is 0 Å². The molecule has 0 N–H and O–H groups in total. The standard InChI is InChI=1S/C22H36O3/c1-7-8-9-10-11-12-13-14-15-24-25-22(23)21-19(5)17(3)16(2)18(4)20(21)6/h7-15H2,1-6H3. The Morgan fingerprint density at radius 2 is 1.12 bits per heavy atom. The number of hydrogen-bond donors (Lipinski definition) is 0. The van der Waals surface area contributed by atoms with Crippen molar-refractivity contribution in [3.8, 4) is 0 Å². The Morgan fingerprint density at radius 3 is 1.64 bits per heavy atom. The molecule has 0 atom stereocenters. The molecule has 0 unspecified atom stereocenters. The second-order valence-corrected chi connectivity index (χ2v) is 7.17. The maximum atomic E-state index is 12.4. The lowest BCUT2D eigenvalue weighted by Gasteiger charge is -2.17. The van der Waals surface area contributed by atoms with Crippen molar-refractivity contribution in [2.24, 2.45) is 0 Å². The number of carbonyl (C=O) groups excluding carboxylic acids is 1. The van der Waals surface area contributed by atoms with Crippen molar-refractivity contribution >= 4 is 5.97 Å². The lowest BCUT2D eigenvalue weighted by atomic mass is 9.90. The van der Waals surface area contributed by atoms with E-state index in [0.717, 1.165) is 35.1 Å². The van der Waals surface area contributed by atoms with Crippen LogP contribution >= 0.6 is 0 Å². The summed E-state index contributed by atoms with van der Waals surface area (Å²) in [5.74, 6) is -0.374. The third-order valence-electron chi connectivity index (χ3n) is 5.42. The largest absolute Gasteiger partial charge is 0.373 e. The molecule has 3 nitrogen and oxygen atoms in total. The lowest BCUT2D eigenvalue weighted by Crippen LogP contribution is -2.13. The second-order valence-electron chi connectivity index (χ2n) is 7.17. The van der Waals surface area contributed by atoms with E-state index < -0.39 is 0 Å². The van der Waals surface area contributed by atoms with E-state index in [9.17, 15) is 4.79 Å². The Bertz CT molecular complexity index is 532. The van der Waals surface area contributed by atoms with Crippen LogP contribution in [0.25, 0.3) is 0 Å². The molecule has 1 rings (SSSR count). The fraction of sp³-hybridized carbons (Fsp3) is 0.682. The third-order valence-corrected chi connectivity index (χ3v) is 5.42. The van der Waals surface area contributed by atoms with Crippen LogP contribution in [0.15, 0.2) is 0 Å². The van der Waals surface area contributed by atoms with Crippen LogP contribution in [0.5, 0.6) is 0 Å². The van der Waals surface area contributed by atoms with Gasteiger partial charge in [-0.2, -0.15) is 4.89 Å². The van der Waals surface area contributed by atoms with Crippen LogP contribution in [-0.4, -0.2) is 12.6 Å². The van der Waals surface area contributed by atoms with E-state index >= 15 is 0 Å². The van der Waals surface area contributed by atoms with Gasteiger partial charge in [0.2, 0.25) is 0 Å². The molecule has 0 radical (unpaired) electrons. The van der Waals surface area contributed by atoms with Gasteiger partial charge in [-0.05, 0) is 68.9 Å². The Kier molecular flexibility index (Phi) is 9.81. The van der Waals surface area contributed by atoms with E-state index in [2.05, 4.69) is 27.7 Å². The van der Waals surface area contributed by atoms with E-state index in [1.165, 1.54) is 44.1 Å². The highest BCUT2D eigenvalue weighted by molar-refractivity contribution is 5.93. The summed E-state index contributed by atoms with van der Waals surface area (Å²) in [6.45, 7) is 12.9. The quantitative estimate of drug-likeness (QED) is 0.261. The Hall–Kier alpha value is -1.35. The molecule has 0 spiro atoms. The van der Waals surface area contributed by atoms with Gasteiger partial charge in [-0.15, -0.1) is 0 Å². The molecule has 0 aromatic heterocycles. The smallest absolute Gasteiger partial charge is 0.293 e. The molecule has 25 heavy (non-hydrogen) atoms. The van der Waals surface area contributed by atoms with Gasteiger partial charge in [0.25, 0.3) is 0 Å². The van der Waals surface area contributed by atoms with Gasteiger partial charge < -0.3 is 0 Å². The SMILES string of the molecule is CCCCCCCCCCOOC(=O)c1c(C)c(C)c(C)c(C)c1C. The van der Waals surface area contributed by atoms with Crippen LogP contribution in [0.2, 0.25) is 0 Å². The Labute approximate surface area is 154 Å². The number of carbonyl (C=O) groups is 1. The normalized spacial score (nSPS) is 11.0. The average molecular weight is 349 g/mol. The van der Waals surface area contributed by atoms with Crippen molar-refractivity contribution in [3.63, 3.8) is 0 Å². The van der Waals surface area contributed by atoms with Crippen LogP contribution in [0.1, 0.15) is 96.5 Å².